The van der Waals surface area contributed by atoms with Crippen molar-refractivity contribution in [3.05, 3.63) is 23.8 Å². The van der Waals surface area contributed by atoms with Crippen LogP contribution in [0.2, 0.25) is 0 Å². The van der Waals surface area contributed by atoms with Gasteiger partial charge in [0.2, 0.25) is 5.91 Å². The fourth-order valence-electron chi connectivity index (χ4n) is 3.30. The van der Waals surface area contributed by atoms with Crippen LogP contribution in [0.15, 0.2) is 18.2 Å². The van der Waals surface area contributed by atoms with Crippen molar-refractivity contribution in [3.8, 4) is 11.5 Å². The summed E-state index contributed by atoms with van der Waals surface area (Å²) >= 11 is 0. The van der Waals surface area contributed by atoms with Gasteiger partial charge in [-0.3, -0.25) is 4.79 Å². The van der Waals surface area contributed by atoms with E-state index in [2.05, 4.69) is 5.32 Å². The number of nitrogens with two attached hydrogens (primary N) is 1. The molecule has 1 aromatic rings. The van der Waals surface area contributed by atoms with E-state index in [1.165, 1.54) is 0 Å². The zero-order valence-corrected chi connectivity index (χ0v) is 15.5. The highest BCUT2D eigenvalue weighted by atomic mass is 35.5. The van der Waals surface area contributed by atoms with Gasteiger partial charge in [-0.05, 0) is 56.8 Å². The highest BCUT2D eigenvalue weighted by Gasteiger charge is 2.32. The molecule has 2 rings (SSSR count). The number of carbonyl (C=O) groups excluding carboxylic acids is 1. The predicted octanol–water partition coefficient (Wildman–Crippen LogP) is 3.07. The number of carbonyl (C=O) groups is 1. The Bertz CT molecular complexity index is 539. The molecule has 0 aliphatic heterocycles. The van der Waals surface area contributed by atoms with E-state index in [1.54, 1.807) is 7.11 Å². The van der Waals surface area contributed by atoms with Crippen LogP contribution in [-0.2, 0) is 4.79 Å². The van der Waals surface area contributed by atoms with Gasteiger partial charge in [0.1, 0.15) is 0 Å². The van der Waals surface area contributed by atoms with Crippen LogP contribution >= 0.6 is 12.4 Å². The molecule has 6 heteroatoms. The third-order valence-electron chi connectivity index (χ3n) is 4.64. The molecule has 5 nitrogen and oxygen atoms in total. The molecule has 0 aromatic heterocycles. The second-order valence-electron chi connectivity index (χ2n) is 6.11. The summed E-state index contributed by atoms with van der Waals surface area (Å²) in [6.07, 6.45) is 3.08. The highest BCUT2D eigenvalue weighted by Crippen LogP contribution is 2.33. The van der Waals surface area contributed by atoms with Crippen molar-refractivity contribution in [2.45, 2.75) is 39.2 Å². The monoisotopic (exact) mass is 356 g/mol. The van der Waals surface area contributed by atoms with Gasteiger partial charge in [0.05, 0.1) is 19.8 Å². The Morgan fingerprint density at radius 2 is 2.12 bits per heavy atom. The smallest absolute Gasteiger partial charge is 0.223 e. The molecule has 0 radical (unpaired) electrons. The van der Waals surface area contributed by atoms with Crippen LogP contribution in [0.25, 0.3) is 0 Å². The van der Waals surface area contributed by atoms with E-state index in [-0.39, 0.29) is 30.3 Å². The Kier molecular flexibility index (Phi) is 8.36. The van der Waals surface area contributed by atoms with Gasteiger partial charge in [0, 0.05) is 5.92 Å². The Balaban J connectivity index is 0.00000288. The summed E-state index contributed by atoms with van der Waals surface area (Å²) in [7, 11) is 1.62. The summed E-state index contributed by atoms with van der Waals surface area (Å²) < 4.78 is 10.9. The van der Waals surface area contributed by atoms with Crippen molar-refractivity contribution in [1.82, 2.24) is 5.32 Å². The minimum atomic E-state index is -0.0777. The molecule has 1 amide bonds. The topological polar surface area (TPSA) is 73.6 Å². The molecule has 136 valence electrons. The van der Waals surface area contributed by atoms with Gasteiger partial charge in [-0.2, -0.15) is 0 Å². The Labute approximate surface area is 150 Å². The van der Waals surface area contributed by atoms with E-state index >= 15 is 0 Å². The number of benzene rings is 1. The molecule has 24 heavy (non-hydrogen) atoms. The maximum atomic E-state index is 12.5. The third-order valence-corrected chi connectivity index (χ3v) is 4.64. The SMILES string of the molecule is CCOc1ccc(C(C)NC(=O)[C@@H]2CCC[C@@H]2CN)cc1OC.Cl. The number of amides is 1. The normalized spacial score (nSPS) is 20.8. The largest absolute Gasteiger partial charge is 0.493 e. The van der Waals surface area contributed by atoms with Gasteiger partial charge in [-0.25, -0.2) is 0 Å². The highest BCUT2D eigenvalue weighted by molar-refractivity contribution is 5.85. The Hall–Kier alpha value is -1.46. The fourth-order valence-corrected chi connectivity index (χ4v) is 3.30. The molecule has 1 aliphatic rings. The molecule has 0 spiro atoms. The van der Waals surface area contributed by atoms with Crippen molar-refractivity contribution >= 4 is 18.3 Å². The molecule has 1 unspecified atom stereocenters. The second kappa shape index (κ2) is 9.74. The van der Waals surface area contributed by atoms with E-state index in [1.807, 2.05) is 32.0 Å². The lowest BCUT2D eigenvalue weighted by atomic mass is 9.94. The van der Waals surface area contributed by atoms with Crippen LogP contribution in [0.3, 0.4) is 0 Å². The van der Waals surface area contributed by atoms with Crippen molar-refractivity contribution in [2.24, 2.45) is 17.6 Å². The fraction of sp³-hybridized carbons (Fsp3) is 0.611. The van der Waals surface area contributed by atoms with Crippen LogP contribution < -0.4 is 20.5 Å². The molecule has 1 fully saturated rings. The lowest BCUT2D eigenvalue weighted by Crippen LogP contribution is -2.36. The summed E-state index contributed by atoms with van der Waals surface area (Å²) in [4.78, 5) is 12.5. The van der Waals surface area contributed by atoms with Gasteiger partial charge in [0.25, 0.3) is 0 Å². The van der Waals surface area contributed by atoms with Gasteiger partial charge in [-0.1, -0.05) is 12.5 Å². The number of hydrogen-bond donors (Lipinski definition) is 2. The first-order chi connectivity index (χ1) is 11.1. The van der Waals surface area contributed by atoms with Crippen molar-refractivity contribution < 1.29 is 14.3 Å². The second-order valence-corrected chi connectivity index (χ2v) is 6.11. The van der Waals surface area contributed by atoms with Gasteiger partial charge >= 0.3 is 0 Å². The Morgan fingerprint density at radius 3 is 2.75 bits per heavy atom. The van der Waals surface area contributed by atoms with Crippen LogP contribution in [0, 0.1) is 11.8 Å². The molecule has 0 bridgehead atoms. The zero-order chi connectivity index (χ0) is 16.8. The molecule has 1 aromatic carbocycles. The van der Waals surface area contributed by atoms with Crippen molar-refractivity contribution in [2.75, 3.05) is 20.3 Å². The van der Waals surface area contributed by atoms with Gasteiger partial charge in [-0.15, -0.1) is 12.4 Å². The first-order valence-corrected chi connectivity index (χ1v) is 8.41. The van der Waals surface area contributed by atoms with E-state index in [0.717, 1.165) is 30.6 Å². The van der Waals surface area contributed by atoms with Gasteiger partial charge in [0.15, 0.2) is 11.5 Å². The average molecular weight is 357 g/mol. The number of hydrogen-bond acceptors (Lipinski definition) is 4. The predicted molar refractivity (Wildman–Crippen MR) is 97.9 cm³/mol. The molecule has 0 saturated heterocycles. The molecule has 1 aliphatic carbocycles. The van der Waals surface area contributed by atoms with Crippen molar-refractivity contribution in [1.29, 1.82) is 0 Å². The number of rotatable bonds is 7. The van der Waals surface area contributed by atoms with Crippen LogP contribution in [0.4, 0.5) is 0 Å². The van der Waals surface area contributed by atoms with E-state index < -0.39 is 0 Å². The van der Waals surface area contributed by atoms with E-state index in [0.29, 0.717) is 24.8 Å². The summed E-state index contributed by atoms with van der Waals surface area (Å²) in [6, 6.07) is 5.70. The number of methoxy groups -OCH3 is 1. The van der Waals surface area contributed by atoms with Crippen LogP contribution in [0.1, 0.15) is 44.7 Å². The zero-order valence-electron chi connectivity index (χ0n) is 14.7. The Morgan fingerprint density at radius 1 is 1.38 bits per heavy atom. The number of halogens is 1. The summed E-state index contributed by atoms with van der Waals surface area (Å²) in [5.74, 6) is 1.88. The van der Waals surface area contributed by atoms with E-state index in [4.69, 9.17) is 15.2 Å². The quantitative estimate of drug-likeness (QED) is 0.787. The minimum absolute atomic E-state index is 0. The third kappa shape index (κ3) is 4.77. The maximum absolute atomic E-state index is 12.5. The summed E-state index contributed by atoms with van der Waals surface area (Å²) in [6.45, 7) is 5.10. The van der Waals surface area contributed by atoms with Crippen LogP contribution in [-0.4, -0.2) is 26.2 Å². The molecule has 3 atom stereocenters. The molecule has 1 saturated carbocycles. The molecular formula is C18H29ClN2O3. The first kappa shape index (κ1) is 20.6. The molecule has 0 heterocycles. The van der Waals surface area contributed by atoms with Gasteiger partial charge < -0.3 is 20.5 Å². The summed E-state index contributed by atoms with van der Waals surface area (Å²) in [5, 5.41) is 3.11. The lowest BCUT2D eigenvalue weighted by molar-refractivity contribution is -0.126. The maximum Gasteiger partial charge on any atom is 0.223 e. The lowest BCUT2D eigenvalue weighted by Gasteiger charge is -2.22. The van der Waals surface area contributed by atoms with Crippen molar-refractivity contribution in [3.63, 3.8) is 0 Å². The number of nitrogens with one attached hydrogen (secondary N) is 1. The summed E-state index contributed by atoms with van der Waals surface area (Å²) in [5.41, 5.74) is 6.78. The number of ether oxygens (including phenoxy) is 2. The first-order valence-electron chi connectivity index (χ1n) is 8.41. The average Bonchev–Trinajstić information content (AvgIpc) is 3.04. The van der Waals surface area contributed by atoms with Crippen LogP contribution in [0.5, 0.6) is 11.5 Å². The molecular weight excluding hydrogens is 328 g/mol. The van der Waals surface area contributed by atoms with E-state index in [9.17, 15) is 4.79 Å². The molecule has 3 N–H and O–H groups in total. The standard InChI is InChI=1S/C18H28N2O3.ClH/c1-4-23-16-9-8-13(10-17(16)22-3)12(2)20-18(21)15-7-5-6-14(15)11-19;/h8-10,12,14-15H,4-7,11,19H2,1-3H3,(H,20,21);1H/t12?,14-,15-;/m1./s1. The minimum Gasteiger partial charge on any atom is -0.493 e.